The quantitative estimate of drug-likeness (QED) is 0.683. The summed E-state index contributed by atoms with van der Waals surface area (Å²) in [6.07, 6.45) is 0.953. The van der Waals surface area contributed by atoms with Crippen molar-refractivity contribution >= 4 is 9.84 Å². The standard InChI is InChI=1S/C17H18N4O4S/c1-21-14-7-8-26(22,23)10-13(14)16(19-21)17-18-15(20-25-17)9-11-3-5-12(24-2)6-4-11/h3-6H,7-10H2,1-2H3. The lowest BCUT2D eigenvalue weighted by Gasteiger charge is -2.12. The minimum atomic E-state index is -3.12. The average molecular weight is 374 g/mol. The Bertz CT molecular complexity index is 1050. The number of aromatic nitrogens is 4. The lowest BCUT2D eigenvalue weighted by molar-refractivity contribution is 0.414. The van der Waals surface area contributed by atoms with Gasteiger partial charge in [-0.05, 0) is 17.7 Å². The highest BCUT2D eigenvalue weighted by atomic mass is 32.2. The number of fused-ring (bicyclic) bond motifs is 1. The molecule has 0 aliphatic carbocycles. The highest BCUT2D eigenvalue weighted by Crippen LogP contribution is 2.30. The van der Waals surface area contributed by atoms with Crippen LogP contribution in [0.5, 0.6) is 5.75 Å². The Balaban J connectivity index is 1.62. The minimum absolute atomic E-state index is 0.0400. The fraction of sp³-hybridized carbons (Fsp3) is 0.353. The van der Waals surface area contributed by atoms with E-state index in [1.807, 2.05) is 24.3 Å². The molecule has 4 rings (SSSR count). The van der Waals surface area contributed by atoms with Crippen molar-refractivity contribution in [3.63, 3.8) is 0 Å². The summed E-state index contributed by atoms with van der Waals surface area (Å²) in [6, 6.07) is 7.61. The second-order valence-corrected chi connectivity index (χ2v) is 8.46. The van der Waals surface area contributed by atoms with Gasteiger partial charge in [0.05, 0.1) is 18.6 Å². The summed E-state index contributed by atoms with van der Waals surface area (Å²) >= 11 is 0. The van der Waals surface area contributed by atoms with Gasteiger partial charge < -0.3 is 9.26 Å². The van der Waals surface area contributed by atoms with Gasteiger partial charge in [0.2, 0.25) is 0 Å². The molecule has 26 heavy (non-hydrogen) atoms. The van der Waals surface area contributed by atoms with Gasteiger partial charge in [0.15, 0.2) is 21.4 Å². The maximum absolute atomic E-state index is 12.0. The molecular formula is C17H18N4O4S. The Hall–Kier alpha value is -2.68. The van der Waals surface area contributed by atoms with E-state index in [0.29, 0.717) is 29.9 Å². The van der Waals surface area contributed by atoms with Crippen LogP contribution >= 0.6 is 0 Å². The lowest BCUT2D eigenvalue weighted by Crippen LogP contribution is -2.20. The first-order valence-corrected chi connectivity index (χ1v) is 9.98. The topological polar surface area (TPSA) is 100 Å². The number of nitrogens with zero attached hydrogens (tertiary/aromatic N) is 4. The molecule has 136 valence electrons. The van der Waals surface area contributed by atoms with Gasteiger partial charge in [-0.2, -0.15) is 10.1 Å². The van der Waals surface area contributed by atoms with Crippen molar-refractivity contribution in [1.82, 2.24) is 19.9 Å². The van der Waals surface area contributed by atoms with Crippen LogP contribution in [0, 0.1) is 0 Å². The van der Waals surface area contributed by atoms with Gasteiger partial charge in [-0.25, -0.2) is 8.42 Å². The summed E-state index contributed by atoms with van der Waals surface area (Å²) in [4.78, 5) is 4.41. The van der Waals surface area contributed by atoms with E-state index >= 15 is 0 Å². The largest absolute Gasteiger partial charge is 0.497 e. The van der Waals surface area contributed by atoms with Crippen molar-refractivity contribution < 1.29 is 17.7 Å². The van der Waals surface area contributed by atoms with E-state index in [4.69, 9.17) is 9.26 Å². The molecule has 0 radical (unpaired) electrons. The van der Waals surface area contributed by atoms with Crippen molar-refractivity contribution in [2.75, 3.05) is 12.9 Å². The Morgan fingerprint density at radius 1 is 1.27 bits per heavy atom. The summed E-state index contributed by atoms with van der Waals surface area (Å²) in [5.41, 5.74) is 3.05. The van der Waals surface area contributed by atoms with Gasteiger partial charge in [-0.3, -0.25) is 4.68 Å². The van der Waals surface area contributed by atoms with Gasteiger partial charge in [-0.1, -0.05) is 17.3 Å². The third-order valence-electron chi connectivity index (χ3n) is 4.48. The molecule has 0 saturated carbocycles. The third kappa shape index (κ3) is 3.10. The minimum Gasteiger partial charge on any atom is -0.497 e. The molecule has 9 heteroatoms. The van der Waals surface area contributed by atoms with Crippen LogP contribution in [0.1, 0.15) is 22.6 Å². The summed E-state index contributed by atoms with van der Waals surface area (Å²) in [5, 5.41) is 8.42. The number of rotatable bonds is 4. The monoisotopic (exact) mass is 374 g/mol. The van der Waals surface area contributed by atoms with E-state index < -0.39 is 9.84 Å². The molecule has 1 aromatic carbocycles. The number of sulfone groups is 1. The molecule has 0 bridgehead atoms. The van der Waals surface area contributed by atoms with E-state index in [-0.39, 0.29) is 17.4 Å². The van der Waals surface area contributed by atoms with Crippen molar-refractivity contribution in [2.45, 2.75) is 18.6 Å². The highest BCUT2D eigenvalue weighted by molar-refractivity contribution is 7.90. The number of ether oxygens (including phenoxy) is 1. The molecule has 1 aliphatic rings. The SMILES string of the molecule is COc1ccc(Cc2noc(-c3nn(C)c4c3CS(=O)(=O)CC4)n2)cc1. The van der Waals surface area contributed by atoms with Crippen LogP contribution in [-0.4, -0.2) is 41.2 Å². The van der Waals surface area contributed by atoms with Gasteiger partial charge in [-0.15, -0.1) is 0 Å². The molecule has 0 spiro atoms. The average Bonchev–Trinajstić information content (AvgIpc) is 3.19. The van der Waals surface area contributed by atoms with Crippen LogP contribution in [0.3, 0.4) is 0 Å². The number of hydrogen-bond donors (Lipinski definition) is 0. The molecule has 2 aromatic heterocycles. The van der Waals surface area contributed by atoms with Gasteiger partial charge in [0.25, 0.3) is 5.89 Å². The zero-order chi connectivity index (χ0) is 18.3. The van der Waals surface area contributed by atoms with E-state index in [1.54, 1.807) is 18.8 Å². The summed E-state index contributed by atoms with van der Waals surface area (Å²) in [5.74, 6) is 1.65. The van der Waals surface area contributed by atoms with E-state index in [1.165, 1.54) is 0 Å². The van der Waals surface area contributed by atoms with E-state index in [9.17, 15) is 8.42 Å². The van der Waals surface area contributed by atoms with Crippen LogP contribution in [0.15, 0.2) is 28.8 Å². The van der Waals surface area contributed by atoms with Crippen molar-refractivity contribution in [3.8, 4) is 17.3 Å². The molecule has 3 heterocycles. The molecular weight excluding hydrogens is 356 g/mol. The summed E-state index contributed by atoms with van der Waals surface area (Å²) in [7, 11) is 0.303. The second-order valence-electron chi connectivity index (χ2n) is 6.28. The van der Waals surface area contributed by atoms with Crippen LogP contribution in [-0.2, 0) is 35.5 Å². The maximum Gasteiger partial charge on any atom is 0.278 e. The number of benzene rings is 1. The van der Waals surface area contributed by atoms with Crippen molar-refractivity contribution in [3.05, 3.63) is 46.9 Å². The normalized spacial score (nSPS) is 15.6. The van der Waals surface area contributed by atoms with Gasteiger partial charge >= 0.3 is 0 Å². The zero-order valence-corrected chi connectivity index (χ0v) is 15.3. The third-order valence-corrected chi connectivity index (χ3v) is 6.04. The molecule has 0 saturated heterocycles. The van der Waals surface area contributed by atoms with Crippen molar-refractivity contribution in [1.29, 1.82) is 0 Å². The summed E-state index contributed by atoms with van der Waals surface area (Å²) < 4.78 is 36.2. The molecule has 0 N–H and O–H groups in total. The van der Waals surface area contributed by atoms with Gasteiger partial charge in [0.1, 0.15) is 5.75 Å². The number of methoxy groups -OCH3 is 1. The molecule has 0 fully saturated rings. The maximum atomic E-state index is 12.0. The van der Waals surface area contributed by atoms with Crippen LogP contribution < -0.4 is 4.74 Å². The predicted octanol–water partition coefficient (Wildman–Crippen LogP) is 1.54. The Labute approximate surface area is 150 Å². The molecule has 0 atom stereocenters. The van der Waals surface area contributed by atoms with Gasteiger partial charge in [0, 0.05) is 31.1 Å². The molecule has 0 amide bonds. The molecule has 0 unspecified atom stereocenters. The number of hydrogen-bond acceptors (Lipinski definition) is 7. The Kier molecular flexibility index (Phi) is 4.03. The first-order chi connectivity index (χ1) is 12.4. The van der Waals surface area contributed by atoms with Crippen LogP contribution in [0.25, 0.3) is 11.6 Å². The molecule has 8 nitrogen and oxygen atoms in total. The fourth-order valence-electron chi connectivity index (χ4n) is 3.13. The lowest BCUT2D eigenvalue weighted by atomic mass is 10.1. The molecule has 1 aliphatic heterocycles. The second kappa shape index (κ2) is 6.24. The number of aryl methyl sites for hydroxylation is 1. The smallest absolute Gasteiger partial charge is 0.278 e. The first-order valence-electron chi connectivity index (χ1n) is 8.16. The molecule has 3 aromatic rings. The zero-order valence-electron chi connectivity index (χ0n) is 14.5. The fourth-order valence-corrected chi connectivity index (χ4v) is 4.52. The Morgan fingerprint density at radius 2 is 2.04 bits per heavy atom. The van der Waals surface area contributed by atoms with E-state index in [0.717, 1.165) is 17.0 Å². The Morgan fingerprint density at radius 3 is 2.77 bits per heavy atom. The first kappa shape index (κ1) is 16.8. The summed E-state index contributed by atoms with van der Waals surface area (Å²) in [6.45, 7) is 0. The predicted molar refractivity (Wildman–Crippen MR) is 93.5 cm³/mol. The highest BCUT2D eigenvalue weighted by Gasteiger charge is 2.30. The van der Waals surface area contributed by atoms with E-state index in [2.05, 4.69) is 15.2 Å². The van der Waals surface area contributed by atoms with Crippen LogP contribution in [0.4, 0.5) is 0 Å². The van der Waals surface area contributed by atoms with Crippen LogP contribution in [0.2, 0.25) is 0 Å². The van der Waals surface area contributed by atoms with Crippen molar-refractivity contribution in [2.24, 2.45) is 7.05 Å².